The molecule has 4 fully saturated rings. The SMILES string of the molecule is CCCCC(=O)N(CCNC)CCC12CC3CC(CC(C3)C1)C2. The molecular formula is C20H36N2O. The second kappa shape index (κ2) is 7.55. The highest BCUT2D eigenvalue weighted by atomic mass is 16.2. The van der Waals surface area contributed by atoms with Crippen molar-refractivity contribution in [3.05, 3.63) is 0 Å². The van der Waals surface area contributed by atoms with E-state index in [0.717, 1.165) is 56.7 Å². The van der Waals surface area contributed by atoms with E-state index in [1.54, 1.807) is 0 Å². The summed E-state index contributed by atoms with van der Waals surface area (Å²) in [6.45, 7) is 4.96. The van der Waals surface area contributed by atoms with Crippen LogP contribution in [0.15, 0.2) is 0 Å². The highest BCUT2D eigenvalue weighted by Crippen LogP contribution is 2.61. The number of unbranched alkanes of at least 4 members (excludes halogenated alkanes) is 1. The molecule has 0 aromatic rings. The van der Waals surface area contributed by atoms with Crippen LogP contribution in [0.1, 0.15) is 71.1 Å². The quantitative estimate of drug-likeness (QED) is 0.700. The van der Waals surface area contributed by atoms with E-state index in [-0.39, 0.29) is 0 Å². The molecule has 0 radical (unpaired) electrons. The molecule has 0 atom stereocenters. The van der Waals surface area contributed by atoms with Gasteiger partial charge in [-0.15, -0.1) is 0 Å². The van der Waals surface area contributed by atoms with Crippen molar-refractivity contribution in [1.82, 2.24) is 10.2 Å². The van der Waals surface area contributed by atoms with Gasteiger partial charge in [0.25, 0.3) is 0 Å². The summed E-state index contributed by atoms with van der Waals surface area (Å²) in [4.78, 5) is 14.7. The maximum Gasteiger partial charge on any atom is 0.222 e. The lowest BCUT2D eigenvalue weighted by Gasteiger charge is -2.57. The zero-order valence-corrected chi connectivity index (χ0v) is 15.3. The number of likely N-dealkylation sites (N-methyl/N-ethyl adjacent to an activating group) is 1. The first-order valence-electron chi connectivity index (χ1n) is 10.1. The lowest BCUT2D eigenvalue weighted by molar-refractivity contribution is -0.132. The summed E-state index contributed by atoms with van der Waals surface area (Å²) >= 11 is 0. The van der Waals surface area contributed by atoms with Crippen LogP contribution in [0.25, 0.3) is 0 Å². The van der Waals surface area contributed by atoms with Crippen molar-refractivity contribution in [1.29, 1.82) is 0 Å². The van der Waals surface area contributed by atoms with Crippen molar-refractivity contribution < 1.29 is 4.79 Å². The number of carbonyl (C=O) groups excluding carboxylic acids is 1. The van der Waals surface area contributed by atoms with E-state index < -0.39 is 0 Å². The van der Waals surface area contributed by atoms with Crippen LogP contribution in [0, 0.1) is 23.2 Å². The van der Waals surface area contributed by atoms with Gasteiger partial charge >= 0.3 is 0 Å². The van der Waals surface area contributed by atoms with Gasteiger partial charge in [-0.3, -0.25) is 4.79 Å². The summed E-state index contributed by atoms with van der Waals surface area (Å²) in [5.41, 5.74) is 0.595. The molecule has 23 heavy (non-hydrogen) atoms. The minimum Gasteiger partial charge on any atom is -0.341 e. The molecule has 4 aliphatic rings. The second-order valence-corrected chi connectivity index (χ2v) is 8.76. The molecule has 0 aromatic heterocycles. The molecule has 0 spiro atoms. The minimum absolute atomic E-state index is 0.381. The van der Waals surface area contributed by atoms with Gasteiger partial charge in [-0.1, -0.05) is 13.3 Å². The summed E-state index contributed by atoms with van der Waals surface area (Å²) in [5, 5.41) is 3.21. The molecule has 132 valence electrons. The largest absolute Gasteiger partial charge is 0.341 e. The van der Waals surface area contributed by atoms with Crippen LogP contribution in [0.2, 0.25) is 0 Å². The van der Waals surface area contributed by atoms with E-state index in [4.69, 9.17) is 0 Å². The Kier molecular flexibility index (Phi) is 5.66. The lowest BCUT2D eigenvalue weighted by atomic mass is 9.49. The molecule has 3 nitrogen and oxygen atoms in total. The predicted molar refractivity (Wildman–Crippen MR) is 95.3 cm³/mol. The van der Waals surface area contributed by atoms with E-state index >= 15 is 0 Å². The van der Waals surface area contributed by atoms with Gasteiger partial charge in [0.15, 0.2) is 0 Å². The molecule has 0 aromatic carbocycles. The number of nitrogens with zero attached hydrogens (tertiary/aromatic N) is 1. The molecule has 4 bridgehead atoms. The topological polar surface area (TPSA) is 32.3 Å². The van der Waals surface area contributed by atoms with E-state index in [9.17, 15) is 4.79 Å². The Morgan fingerprint density at radius 1 is 1.09 bits per heavy atom. The molecule has 0 unspecified atom stereocenters. The van der Waals surface area contributed by atoms with Crippen molar-refractivity contribution in [2.75, 3.05) is 26.7 Å². The van der Waals surface area contributed by atoms with Crippen LogP contribution < -0.4 is 5.32 Å². The van der Waals surface area contributed by atoms with Gasteiger partial charge < -0.3 is 10.2 Å². The third kappa shape index (κ3) is 4.10. The number of hydrogen-bond donors (Lipinski definition) is 1. The normalized spacial score (nSPS) is 34.8. The Morgan fingerprint density at radius 3 is 2.22 bits per heavy atom. The summed E-state index contributed by atoms with van der Waals surface area (Å²) in [6, 6.07) is 0. The van der Waals surface area contributed by atoms with Crippen LogP contribution in [0.5, 0.6) is 0 Å². The first-order chi connectivity index (χ1) is 11.1. The molecular weight excluding hydrogens is 284 g/mol. The summed E-state index contributed by atoms with van der Waals surface area (Å²) in [7, 11) is 1.98. The zero-order valence-electron chi connectivity index (χ0n) is 15.3. The number of amides is 1. The Morgan fingerprint density at radius 2 is 1.70 bits per heavy atom. The van der Waals surface area contributed by atoms with Gasteiger partial charge in [0, 0.05) is 26.1 Å². The van der Waals surface area contributed by atoms with Gasteiger partial charge in [0.05, 0.1) is 0 Å². The van der Waals surface area contributed by atoms with E-state index in [0.29, 0.717) is 11.3 Å². The number of nitrogens with one attached hydrogen (secondary N) is 1. The first kappa shape index (κ1) is 17.3. The lowest BCUT2D eigenvalue weighted by Crippen LogP contribution is -2.48. The van der Waals surface area contributed by atoms with E-state index in [1.807, 2.05) is 7.05 Å². The Hall–Kier alpha value is -0.570. The predicted octanol–water partition coefficient (Wildman–Crippen LogP) is 3.83. The van der Waals surface area contributed by atoms with Crippen molar-refractivity contribution in [2.45, 2.75) is 71.1 Å². The Bertz CT molecular complexity index is 371. The van der Waals surface area contributed by atoms with Gasteiger partial charge in [0.2, 0.25) is 5.91 Å². The highest BCUT2D eigenvalue weighted by Gasteiger charge is 2.50. The van der Waals surface area contributed by atoms with Gasteiger partial charge in [-0.25, -0.2) is 0 Å². The van der Waals surface area contributed by atoms with E-state index in [1.165, 1.54) is 44.9 Å². The molecule has 0 heterocycles. The average Bonchev–Trinajstić information content (AvgIpc) is 2.51. The maximum atomic E-state index is 12.5. The second-order valence-electron chi connectivity index (χ2n) is 8.76. The van der Waals surface area contributed by atoms with Gasteiger partial charge in [-0.05, 0) is 81.6 Å². The first-order valence-corrected chi connectivity index (χ1v) is 10.1. The minimum atomic E-state index is 0.381. The highest BCUT2D eigenvalue weighted by molar-refractivity contribution is 5.76. The maximum absolute atomic E-state index is 12.5. The Labute approximate surface area is 142 Å². The zero-order chi connectivity index (χ0) is 16.3. The number of carbonyl (C=O) groups is 1. The fraction of sp³-hybridized carbons (Fsp3) is 0.950. The molecule has 4 aliphatic carbocycles. The summed E-state index contributed by atoms with van der Waals surface area (Å²) in [5.74, 6) is 3.43. The van der Waals surface area contributed by atoms with Crippen molar-refractivity contribution >= 4 is 5.91 Å². The monoisotopic (exact) mass is 320 g/mol. The molecule has 3 heteroatoms. The number of rotatable bonds is 9. The van der Waals surface area contributed by atoms with Crippen LogP contribution in [0.4, 0.5) is 0 Å². The summed E-state index contributed by atoms with van der Waals surface area (Å²) in [6.07, 6.45) is 13.1. The molecule has 4 rings (SSSR count). The number of hydrogen-bond acceptors (Lipinski definition) is 2. The van der Waals surface area contributed by atoms with Crippen LogP contribution in [0.3, 0.4) is 0 Å². The van der Waals surface area contributed by atoms with Crippen molar-refractivity contribution in [3.8, 4) is 0 Å². The van der Waals surface area contributed by atoms with Crippen molar-refractivity contribution in [2.24, 2.45) is 23.2 Å². The van der Waals surface area contributed by atoms with Crippen molar-refractivity contribution in [3.63, 3.8) is 0 Å². The average molecular weight is 321 g/mol. The molecule has 4 saturated carbocycles. The molecule has 1 N–H and O–H groups in total. The van der Waals surface area contributed by atoms with Gasteiger partial charge in [-0.2, -0.15) is 0 Å². The standard InChI is InChI=1S/C20H36N2O/c1-3-4-5-19(23)22(9-7-21-2)8-6-20-13-16-10-17(14-20)12-18(11-16)15-20/h16-18,21H,3-15H2,1-2H3. The third-order valence-corrected chi connectivity index (χ3v) is 6.81. The third-order valence-electron chi connectivity index (χ3n) is 6.81. The smallest absolute Gasteiger partial charge is 0.222 e. The van der Waals surface area contributed by atoms with Crippen LogP contribution in [-0.2, 0) is 4.79 Å². The van der Waals surface area contributed by atoms with Crippen LogP contribution >= 0.6 is 0 Å². The van der Waals surface area contributed by atoms with Gasteiger partial charge in [0.1, 0.15) is 0 Å². The fourth-order valence-electron chi connectivity index (χ4n) is 6.06. The fourth-order valence-corrected chi connectivity index (χ4v) is 6.06. The molecule has 0 aliphatic heterocycles. The molecule has 0 saturated heterocycles. The van der Waals surface area contributed by atoms with E-state index in [2.05, 4.69) is 17.1 Å². The molecule has 1 amide bonds. The van der Waals surface area contributed by atoms with Crippen LogP contribution in [-0.4, -0.2) is 37.5 Å². The summed E-state index contributed by atoms with van der Waals surface area (Å²) < 4.78 is 0. The Balaban J connectivity index is 1.56.